The highest BCUT2D eigenvalue weighted by atomic mass is 15.1. The number of fused-ring (bicyclic) bond motifs is 3. The predicted octanol–water partition coefficient (Wildman–Crippen LogP) is 12.5. The molecular formula is C45H35N. The summed E-state index contributed by atoms with van der Waals surface area (Å²) in [6, 6.07) is 63.8. The maximum atomic E-state index is 2.44. The molecule has 1 heteroatoms. The Labute approximate surface area is 272 Å². The maximum absolute atomic E-state index is 2.44. The van der Waals surface area contributed by atoms with Gasteiger partial charge in [-0.3, -0.25) is 0 Å². The molecule has 0 atom stereocenters. The van der Waals surface area contributed by atoms with Gasteiger partial charge in [-0.25, -0.2) is 0 Å². The lowest BCUT2D eigenvalue weighted by atomic mass is 9.82. The van der Waals surface area contributed by atoms with E-state index in [1.807, 2.05) is 0 Å². The zero-order valence-electron chi connectivity index (χ0n) is 26.2. The number of hydrogen-bond acceptors (Lipinski definition) is 1. The van der Waals surface area contributed by atoms with Gasteiger partial charge in [-0.1, -0.05) is 159 Å². The molecule has 7 aromatic rings. The minimum absolute atomic E-state index is 0.0931. The zero-order valence-corrected chi connectivity index (χ0v) is 26.2. The largest absolute Gasteiger partial charge is 0.310 e. The molecular weight excluding hydrogens is 555 g/mol. The van der Waals surface area contributed by atoms with Crippen LogP contribution in [0.15, 0.2) is 176 Å². The molecule has 1 nitrogen and oxygen atoms in total. The zero-order chi connectivity index (χ0) is 31.1. The molecule has 0 aromatic heterocycles. The fraction of sp³-hybridized carbons (Fsp3) is 0.0667. The van der Waals surface area contributed by atoms with Crippen LogP contribution in [0.25, 0.3) is 44.5 Å². The fourth-order valence-corrected chi connectivity index (χ4v) is 7.18. The lowest BCUT2D eigenvalue weighted by Gasteiger charge is -2.30. The van der Waals surface area contributed by atoms with Crippen molar-refractivity contribution in [3.05, 3.63) is 187 Å². The van der Waals surface area contributed by atoms with Crippen LogP contribution in [0.2, 0.25) is 0 Å². The van der Waals surface area contributed by atoms with Gasteiger partial charge in [-0.05, 0) is 80.4 Å². The Morgan fingerprint density at radius 2 is 0.848 bits per heavy atom. The standard InChI is InChI=1S/C45H35N/c1-45(2)42-23-13-11-21-39(42)40-30-29-36(31-43(40)45)46(35-27-25-33(26-28-35)32-15-5-3-6-16-32)44-24-14-12-22-41(44)38-20-10-9-19-37(38)34-17-7-4-8-18-34/h3-31H,1-2H3. The van der Waals surface area contributed by atoms with Crippen molar-refractivity contribution in [3.8, 4) is 44.5 Å². The summed E-state index contributed by atoms with van der Waals surface area (Å²) in [6.07, 6.45) is 0. The van der Waals surface area contributed by atoms with E-state index in [0.29, 0.717) is 0 Å². The third-order valence-corrected chi connectivity index (χ3v) is 9.50. The van der Waals surface area contributed by atoms with E-state index in [9.17, 15) is 0 Å². The van der Waals surface area contributed by atoms with E-state index in [1.54, 1.807) is 0 Å². The summed E-state index contributed by atoms with van der Waals surface area (Å²) in [5.74, 6) is 0. The van der Waals surface area contributed by atoms with Crippen LogP contribution in [0, 0.1) is 0 Å². The summed E-state index contributed by atoms with van der Waals surface area (Å²) in [7, 11) is 0. The molecule has 0 saturated heterocycles. The Hall–Kier alpha value is -5.66. The summed E-state index contributed by atoms with van der Waals surface area (Å²) in [6.45, 7) is 4.70. The molecule has 0 N–H and O–H groups in total. The van der Waals surface area contributed by atoms with Gasteiger partial charge in [0.05, 0.1) is 5.69 Å². The number of para-hydroxylation sites is 1. The second-order valence-corrected chi connectivity index (χ2v) is 12.6. The quantitative estimate of drug-likeness (QED) is 0.186. The van der Waals surface area contributed by atoms with Crippen LogP contribution in [-0.4, -0.2) is 0 Å². The minimum atomic E-state index is -0.0931. The highest BCUT2D eigenvalue weighted by molar-refractivity contribution is 5.95. The third kappa shape index (κ3) is 4.73. The van der Waals surface area contributed by atoms with Gasteiger partial charge < -0.3 is 4.90 Å². The SMILES string of the molecule is CC1(C)c2ccccc2-c2ccc(N(c3ccc(-c4ccccc4)cc3)c3ccccc3-c3ccccc3-c3ccccc3)cc21. The van der Waals surface area contributed by atoms with Gasteiger partial charge in [0.15, 0.2) is 0 Å². The molecule has 0 bridgehead atoms. The second kappa shape index (κ2) is 11.4. The van der Waals surface area contributed by atoms with Crippen molar-refractivity contribution >= 4 is 17.1 Å². The number of benzene rings is 7. The van der Waals surface area contributed by atoms with E-state index in [2.05, 4.69) is 195 Å². The molecule has 8 rings (SSSR count). The first kappa shape index (κ1) is 27.9. The predicted molar refractivity (Wildman–Crippen MR) is 195 cm³/mol. The van der Waals surface area contributed by atoms with Gasteiger partial charge in [0, 0.05) is 22.4 Å². The van der Waals surface area contributed by atoms with Crippen LogP contribution in [-0.2, 0) is 5.41 Å². The molecule has 1 aliphatic rings. The normalized spacial score (nSPS) is 12.7. The monoisotopic (exact) mass is 589 g/mol. The highest BCUT2D eigenvalue weighted by Gasteiger charge is 2.35. The maximum Gasteiger partial charge on any atom is 0.0540 e. The first-order chi connectivity index (χ1) is 22.6. The summed E-state index contributed by atoms with van der Waals surface area (Å²) in [5, 5.41) is 0. The Bertz CT molecular complexity index is 2160. The topological polar surface area (TPSA) is 3.24 Å². The molecule has 220 valence electrons. The van der Waals surface area contributed by atoms with Crippen LogP contribution in [0.3, 0.4) is 0 Å². The van der Waals surface area contributed by atoms with Crippen LogP contribution in [0.1, 0.15) is 25.0 Å². The third-order valence-electron chi connectivity index (χ3n) is 9.50. The molecule has 0 saturated carbocycles. The average molecular weight is 590 g/mol. The average Bonchev–Trinajstić information content (AvgIpc) is 3.35. The second-order valence-electron chi connectivity index (χ2n) is 12.6. The van der Waals surface area contributed by atoms with E-state index < -0.39 is 0 Å². The molecule has 46 heavy (non-hydrogen) atoms. The molecule has 0 aliphatic heterocycles. The van der Waals surface area contributed by atoms with E-state index in [1.165, 1.54) is 55.6 Å². The number of nitrogens with zero attached hydrogens (tertiary/aromatic N) is 1. The Balaban J connectivity index is 1.33. The van der Waals surface area contributed by atoms with Gasteiger partial charge in [0.1, 0.15) is 0 Å². The van der Waals surface area contributed by atoms with E-state index in [0.717, 1.165) is 17.1 Å². The van der Waals surface area contributed by atoms with Crippen molar-refractivity contribution in [2.75, 3.05) is 4.90 Å². The highest BCUT2D eigenvalue weighted by Crippen LogP contribution is 2.51. The van der Waals surface area contributed by atoms with Crippen LogP contribution >= 0.6 is 0 Å². The Morgan fingerprint density at radius 3 is 1.57 bits per heavy atom. The molecule has 0 unspecified atom stereocenters. The van der Waals surface area contributed by atoms with Gasteiger partial charge in [0.25, 0.3) is 0 Å². The number of hydrogen-bond donors (Lipinski definition) is 0. The summed E-state index contributed by atoms with van der Waals surface area (Å²) in [5.41, 5.74) is 16.0. The van der Waals surface area contributed by atoms with Crippen molar-refractivity contribution in [1.82, 2.24) is 0 Å². The minimum Gasteiger partial charge on any atom is -0.310 e. The molecule has 0 fully saturated rings. The Kier molecular flexibility index (Phi) is 6.88. The molecule has 0 heterocycles. The number of anilines is 3. The molecule has 0 radical (unpaired) electrons. The van der Waals surface area contributed by atoms with Crippen molar-refractivity contribution in [2.24, 2.45) is 0 Å². The van der Waals surface area contributed by atoms with Crippen molar-refractivity contribution < 1.29 is 0 Å². The fourth-order valence-electron chi connectivity index (χ4n) is 7.18. The lowest BCUT2D eigenvalue weighted by molar-refractivity contribution is 0.660. The van der Waals surface area contributed by atoms with E-state index >= 15 is 0 Å². The van der Waals surface area contributed by atoms with E-state index in [-0.39, 0.29) is 5.41 Å². The van der Waals surface area contributed by atoms with Crippen LogP contribution in [0.5, 0.6) is 0 Å². The van der Waals surface area contributed by atoms with E-state index in [4.69, 9.17) is 0 Å². The van der Waals surface area contributed by atoms with Crippen LogP contribution in [0.4, 0.5) is 17.1 Å². The first-order valence-electron chi connectivity index (χ1n) is 16.0. The van der Waals surface area contributed by atoms with Gasteiger partial charge in [-0.15, -0.1) is 0 Å². The molecule has 0 amide bonds. The van der Waals surface area contributed by atoms with Gasteiger partial charge in [0.2, 0.25) is 0 Å². The summed E-state index contributed by atoms with van der Waals surface area (Å²) >= 11 is 0. The molecule has 1 aliphatic carbocycles. The smallest absolute Gasteiger partial charge is 0.0540 e. The van der Waals surface area contributed by atoms with Crippen LogP contribution < -0.4 is 4.90 Å². The van der Waals surface area contributed by atoms with Crippen molar-refractivity contribution in [1.29, 1.82) is 0 Å². The van der Waals surface area contributed by atoms with Gasteiger partial charge >= 0.3 is 0 Å². The molecule has 7 aromatic carbocycles. The lowest BCUT2D eigenvalue weighted by Crippen LogP contribution is -2.16. The molecule has 0 spiro atoms. The first-order valence-corrected chi connectivity index (χ1v) is 16.0. The van der Waals surface area contributed by atoms with Crippen molar-refractivity contribution in [2.45, 2.75) is 19.3 Å². The Morgan fingerprint density at radius 1 is 0.348 bits per heavy atom. The van der Waals surface area contributed by atoms with Crippen molar-refractivity contribution in [3.63, 3.8) is 0 Å². The number of rotatable bonds is 6. The van der Waals surface area contributed by atoms with Gasteiger partial charge in [-0.2, -0.15) is 0 Å². The summed E-state index contributed by atoms with van der Waals surface area (Å²) in [4.78, 5) is 2.44. The summed E-state index contributed by atoms with van der Waals surface area (Å²) < 4.78 is 0.